The van der Waals surface area contributed by atoms with E-state index in [2.05, 4.69) is 59.0 Å². The first-order valence-electron chi connectivity index (χ1n) is 9.19. The molecule has 2 aromatic carbocycles. The molecule has 2 rings (SSSR count). The molecule has 1 N–H and O–H groups in total. The number of hydrogen-bond donors (Lipinski definition) is 1. The molecule has 29 heavy (non-hydrogen) atoms. The van der Waals surface area contributed by atoms with Crippen molar-refractivity contribution >= 4 is 52.8 Å². The Bertz CT molecular complexity index is 854. The summed E-state index contributed by atoms with van der Waals surface area (Å²) in [5.41, 5.74) is 1.04. The van der Waals surface area contributed by atoms with Gasteiger partial charge in [-0.05, 0) is 94.8 Å². The van der Waals surface area contributed by atoms with Gasteiger partial charge in [0.1, 0.15) is 5.75 Å². The van der Waals surface area contributed by atoms with E-state index in [0.29, 0.717) is 23.2 Å². The Labute approximate surface area is 199 Å². The van der Waals surface area contributed by atoms with E-state index in [4.69, 9.17) is 18.5 Å². The van der Waals surface area contributed by atoms with E-state index in [1.807, 2.05) is 6.07 Å². The number of aromatic hydroxyl groups is 1. The first-order valence-corrected chi connectivity index (χ1v) is 13.1. The summed E-state index contributed by atoms with van der Waals surface area (Å²) in [6, 6.07) is 8.98. The number of rotatable bonds is 10. The van der Waals surface area contributed by atoms with E-state index in [-0.39, 0.29) is 25.3 Å². The molecule has 0 radical (unpaired) electrons. The van der Waals surface area contributed by atoms with Gasteiger partial charge in [-0.3, -0.25) is 4.57 Å². The van der Waals surface area contributed by atoms with Crippen LogP contribution in [0.3, 0.4) is 0 Å². The van der Waals surface area contributed by atoms with Crippen molar-refractivity contribution in [3.63, 3.8) is 0 Å². The Kier molecular flexibility index (Phi) is 9.53. The minimum atomic E-state index is -3.29. The lowest BCUT2D eigenvalue weighted by atomic mass is 10.0. The predicted molar refractivity (Wildman–Crippen MR) is 130 cm³/mol. The van der Waals surface area contributed by atoms with Crippen molar-refractivity contribution in [2.45, 2.75) is 33.6 Å². The molecule has 0 aliphatic carbocycles. The van der Waals surface area contributed by atoms with Crippen LogP contribution < -0.4 is 9.47 Å². The lowest BCUT2D eigenvalue weighted by Gasteiger charge is -2.18. The molecule has 0 atom stereocenters. The number of phenols is 1. The van der Waals surface area contributed by atoms with Gasteiger partial charge in [0.05, 0.1) is 20.4 Å². The van der Waals surface area contributed by atoms with Crippen LogP contribution in [0.1, 0.15) is 39.2 Å². The molecular weight excluding hydrogens is 621 g/mol. The van der Waals surface area contributed by atoms with Crippen molar-refractivity contribution in [1.29, 1.82) is 0 Å². The van der Waals surface area contributed by atoms with E-state index in [9.17, 15) is 9.67 Å². The molecule has 0 heterocycles. The van der Waals surface area contributed by atoms with Gasteiger partial charge < -0.3 is 23.6 Å². The maximum atomic E-state index is 12.6. The topological polar surface area (TPSA) is 74.2 Å². The maximum absolute atomic E-state index is 12.6. The summed E-state index contributed by atoms with van der Waals surface area (Å²) in [7, 11) is -3.29. The van der Waals surface area contributed by atoms with Gasteiger partial charge in [-0.25, -0.2) is 0 Å². The molecule has 2 aromatic rings. The van der Waals surface area contributed by atoms with Crippen LogP contribution >= 0.6 is 52.8 Å². The molecule has 0 aliphatic rings. The van der Waals surface area contributed by atoms with Crippen LogP contribution in [0.15, 0.2) is 30.3 Å². The van der Waals surface area contributed by atoms with Crippen LogP contribution in [-0.2, 0) is 13.6 Å². The predicted octanol–water partition coefficient (Wildman–Crippen LogP) is 7.12. The normalized spacial score (nSPS) is 11.7. The Balaban J connectivity index is 2.18. The highest BCUT2D eigenvalue weighted by atomic mass is 127. The third kappa shape index (κ3) is 6.99. The SMILES string of the molecule is CCOP(=O)(COc1cc(I)c(Oc2ccc(C(C)C)cc2O)c(I)c1)OCC. The average Bonchev–Trinajstić information content (AvgIpc) is 2.64. The van der Waals surface area contributed by atoms with Crippen molar-refractivity contribution in [1.82, 2.24) is 0 Å². The summed E-state index contributed by atoms with van der Waals surface area (Å²) in [6.45, 7) is 8.20. The summed E-state index contributed by atoms with van der Waals surface area (Å²) in [4.78, 5) is 0. The molecule has 0 aromatic heterocycles. The minimum Gasteiger partial charge on any atom is -0.504 e. The largest absolute Gasteiger partial charge is 0.504 e. The molecular formula is C20H25I2O6P. The van der Waals surface area contributed by atoms with Crippen LogP contribution in [0.2, 0.25) is 0 Å². The fraction of sp³-hybridized carbons (Fsp3) is 0.400. The molecule has 0 amide bonds. The van der Waals surface area contributed by atoms with Gasteiger partial charge in [0.25, 0.3) is 0 Å². The Morgan fingerprint density at radius 3 is 2.10 bits per heavy atom. The molecule has 0 aliphatic heterocycles. The van der Waals surface area contributed by atoms with Gasteiger partial charge in [-0.2, -0.15) is 0 Å². The smallest absolute Gasteiger partial charge is 0.367 e. The molecule has 6 nitrogen and oxygen atoms in total. The van der Waals surface area contributed by atoms with Crippen LogP contribution in [-0.4, -0.2) is 24.7 Å². The van der Waals surface area contributed by atoms with E-state index >= 15 is 0 Å². The van der Waals surface area contributed by atoms with Crippen LogP contribution in [0.25, 0.3) is 0 Å². The van der Waals surface area contributed by atoms with Crippen molar-refractivity contribution in [2.75, 3.05) is 19.6 Å². The molecule has 0 fully saturated rings. The lowest BCUT2D eigenvalue weighted by molar-refractivity contribution is 0.197. The van der Waals surface area contributed by atoms with Crippen molar-refractivity contribution in [3.8, 4) is 23.0 Å². The quantitative estimate of drug-likeness (QED) is 0.219. The van der Waals surface area contributed by atoms with E-state index in [1.165, 1.54) is 0 Å². The van der Waals surface area contributed by atoms with Gasteiger partial charge in [-0.15, -0.1) is 0 Å². The monoisotopic (exact) mass is 646 g/mol. The second kappa shape index (κ2) is 11.2. The zero-order valence-electron chi connectivity index (χ0n) is 16.8. The highest BCUT2D eigenvalue weighted by Gasteiger charge is 2.25. The van der Waals surface area contributed by atoms with Crippen LogP contribution in [0, 0.1) is 7.14 Å². The molecule has 0 unspecified atom stereocenters. The number of ether oxygens (including phenoxy) is 2. The summed E-state index contributed by atoms with van der Waals surface area (Å²) in [5, 5.41) is 10.3. The number of benzene rings is 2. The molecule has 0 saturated carbocycles. The Morgan fingerprint density at radius 2 is 1.62 bits per heavy atom. The first kappa shape index (κ1) is 24.7. The fourth-order valence-electron chi connectivity index (χ4n) is 2.47. The van der Waals surface area contributed by atoms with E-state index < -0.39 is 7.60 Å². The third-order valence-corrected chi connectivity index (χ3v) is 7.23. The summed E-state index contributed by atoms with van der Waals surface area (Å²) < 4.78 is 36.3. The summed E-state index contributed by atoms with van der Waals surface area (Å²) >= 11 is 4.28. The fourth-order valence-corrected chi connectivity index (χ4v) is 5.71. The first-order chi connectivity index (χ1) is 13.7. The van der Waals surface area contributed by atoms with Crippen molar-refractivity contribution < 1.29 is 28.2 Å². The Morgan fingerprint density at radius 1 is 1.03 bits per heavy atom. The van der Waals surface area contributed by atoms with E-state index in [1.54, 1.807) is 38.1 Å². The average molecular weight is 646 g/mol. The van der Waals surface area contributed by atoms with Gasteiger partial charge in [-0.1, -0.05) is 19.9 Å². The van der Waals surface area contributed by atoms with Gasteiger partial charge >= 0.3 is 7.60 Å². The zero-order chi connectivity index (χ0) is 21.6. The summed E-state index contributed by atoms with van der Waals surface area (Å²) in [5.74, 6) is 1.94. The number of phenolic OH excluding ortho intramolecular Hbond substituents is 1. The molecule has 0 bridgehead atoms. The molecule has 9 heteroatoms. The highest BCUT2D eigenvalue weighted by Crippen LogP contribution is 2.48. The second-order valence-corrected chi connectivity index (χ2v) is 10.7. The standard InChI is InChI=1S/C20H25I2O6P/c1-5-26-29(24,27-6-2)12-25-15-10-16(21)20(17(22)11-15)28-19-8-7-14(13(3)4)9-18(19)23/h7-11,13,23H,5-6,12H2,1-4H3. The molecule has 0 spiro atoms. The Hall–Kier alpha value is -0.550. The summed E-state index contributed by atoms with van der Waals surface area (Å²) in [6.07, 6.45) is -0.168. The highest BCUT2D eigenvalue weighted by molar-refractivity contribution is 14.1. The van der Waals surface area contributed by atoms with Crippen molar-refractivity contribution in [2.24, 2.45) is 0 Å². The van der Waals surface area contributed by atoms with Gasteiger partial charge in [0.2, 0.25) is 0 Å². The maximum Gasteiger partial charge on any atom is 0.367 e. The molecule has 160 valence electrons. The van der Waals surface area contributed by atoms with Crippen molar-refractivity contribution in [3.05, 3.63) is 43.0 Å². The van der Waals surface area contributed by atoms with Gasteiger partial charge in [0.15, 0.2) is 23.6 Å². The zero-order valence-corrected chi connectivity index (χ0v) is 22.0. The van der Waals surface area contributed by atoms with Crippen LogP contribution in [0.5, 0.6) is 23.0 Å². The van der Waals surface area contributed by atoms with Crippen LogP contribution in [0.4, 0.5) is 0 Å². The second-order valence-electron chi connectivity index (χ2n) is 6.42. The lowest BCUT2D eigenvalue weighted by Crippen LogP contribution is -2.06. The van der Waals surface area contributed by atoms with E-state index in [0.717, 1.165) is 12.7 Å². The third-order valence-electron chi connectivity index (χ3n) is 3.87. The minimum absolute atomic E-state index is 0.0949. The number of halogens is 2. The van der Waals surface area contributed by atoms with Gasteiger partial charge in [0, 0.05) is 0 Å². The number of hydrogen-bond acceptors (Lipinski definition) is 6. The molecule has 0 saturated heterocycles.